The third-order valence-corrected chi connectivity index (χ3v) is 5.84. The second kappa shape index (κ2) is 8.51. The summed E-state index contributed by atoms with van der Waals surface area (Å²) in [5, 5.41) is 25.7. The van der Waals surface area contributed by atoms with E-state index in [1.807, 2.05) is 19.1 Å². The number of rotatable bonds is 5. The molecule has 0 unspecified atom stereocenters. The molecule has 9 heteroatoms. The Morgan fingerprint density at radius 1 is 1.09 bits per heavy atom. The minimum Gasteiger partial charge on any atom is -0.548 e. The SMILES string of the molecule is Cc1ccccc1NC(=O)N(O)[C@@H]1N(c2ccccc2C)C(=O)N([C@H](C)C(=O)[O-])C1(C)C. The van der Waals surface area contributed by atoms with Crippen molar-refractivity contribution in [3.63, 3.8) is 0 Å². The zero-order valence-electron chi connectivity index (χ0n) is 18.7. The van der Waals surface area contributed by atoms with E-state index in [1.54, 1.807) is 57.2 Å². The van der Waals surface area contributed by atoms with E-state index in [4.69, 9.17) is 0 Å². The molecule has 3 rings (SSSR count). The average molecular weight is 439 g/mol. The molecule has 32 heavy (non-hydrogen) atoms. The van der Waals surface area contributed by atoms with Gasteiger partial charge in [-0.1, -0.05) is 36.4 Å². The van der Waals surface area contributed by atoms with Crippen LogP contribution in [0.2, 0.25) is 0 Å². The maximum Gasteiger partial charge on any atom is 0.347 e. The van der Waals surface area contributed by atoms with Crippen molar-refractivity contribution >= 4 is 29.4 Å². The molecular formula is C23H27N4O5-. The number of anilines is 2. The van der Waals surface area contributed by atoms with Crippen LogP contribution in [0.5, 0.6) is 0 Å². The Hall–Kier alpha value is -3.59. The van der Waals surface area contributed by atoms with Crippen LogP contribution < -0.4 is 15.3 Å². The Balaban J connectivity index is 2.07. The highest BCUT2D eigenvalue weighted by Crippen LogP contribution is 2.40. The number of hydroxylamine groups is 2. The van der Waals surface area contributed by atoms with Crippen molar-refractivity contribution in [2.24, 2.45) is 0 Å². The molecule has 1 aliphatic rings. The third-order valence-electron chi connectivity index (χ3n) is 5.84. The first kappa shape index (κ1) is 23.1. The van der Waals surface area contributed by atoms with E-state index in [9.17, 15) is 24.7 Å². The summed E-state index contributed by atoms with van der Waals surface area (Å²) in [6.45, 7) is 8.12. The van der Waals surface area contributed by atoms with Gasteiger partial charge in [-0.15, -0.1) is 0 Å². The first-order valence-electron chi connectivity index (χ1n) is 10.2. The molecule has 2 atom stereocenters. The molecule has 0 spiro atoms. The Morgan fingerprint density at radius 2 is 1.66 bits per heavy atom. The molecule has 2 aromatic carbocycles. The van der Waals surface area contributed by atoms with E-state index in [1.165, 1.54) is 11.8 Å². The fourth-order valence-corrected chi connectivity index (χ4v) is 4.15. The molecule has 2 N–H and O–H groups in total. The van der Waals surface area contributed by atoms with E-state index in [0.29, 0.717) is 16.4 Å². The van der Waals surface area contributed by atoms with Gasteiger partial charge in [0.25, 0.3) is 0 Å². The van der Waals surface area contributed by atoms with E-state index in [0.717, 1.165) is 16.0 Å². The number of amides is 4. The van der Waals surface area contributed by atoms with Crippen LogP contribution in [0, 0.1) is 13.8 Å². The minimum absolute atomic E-state index is 0.443. The number of nitrogens with zero attached hydrogens (tertiary/aromatic N) is 3. The number of carboxylic acid groups (broad SMARTS) is 1. The summed E-state index contributed by atoms with van der Waals surface area (Å²) in [4.78, 5) is 40.5. The van der Waals surface area contributed by atoms with E-state index in [-0.39, 0.29) is 0 Å². The monoisotopic (exact) mass is 439 g/mol. The number of benzene rings is 2. The highest BCUT2D eigenvalue weighted by molar-refractivity contribution is 6.00. The molecule has 0 radical (unpaired) electrons. The lowest BCUT2D eigenvalue weighted by Gasteiger charge is -2.40. The summed E-state index contributed by atoms with van der Waals surface area (Å²) >= 11 is 0. The number of aliphatic carboxylic acids is 1. The molecule has 2 aromatic rings. The van der Waals surface area contributed by atoms with Gasteiger partial charge in [0, 0.05) is 5.69 Å². The molecule has 1 aliphatic heterocycles. The fourth-order valence-electron chi connectivity index (χ4n) is 4.15. The van der Waals surface area contributed by atoms with Gasteiger partial charge in [0.1, 0.15) is 0 Å². The molecule has 1 heterocycles. The molecule has 9 nitrogen and oxygen atoms in total. The minimum atomic E-state index is -1.44. The van der Waals surface area contributed by atoms with Gasteiger partial charge in [-0.2, -0.15) is 5.06 Å². The van der Waals surface area contributed by atoms with E-state index in [2.05, 4.69) is 5.32 Å². The molecule has 170 valence electrons. The number of para-hydroxylation sites is 2. The summed E-state index contributed by atoms with van der Waals surface area (Å²) in [5.74, 6) is -1.44. The predicted octanol–water partition coefficient (Wildman–Crippen LogP) is 2.71. The van der Waals surface area contributed by atoms with Crippen molar-refractivity contribution < 1.29 is 24.7 Å². The number of hydrogen-bond acceptors (Lipinski definition) is 5. The summed E-state index contributed by atoms with van der Waals surface area (Å²) in [7, 11) is 0. The summed E-state index contributed by atoms with van der Waals surface area (Å²) in [5.41, 5.74) is 1.18. The number of carboxylic acids is 1. The predicted molar refractivity (Wildman–Crippen MR) is 117 cm³/mol. The standard InChI is InChI=1S/C23H28N4O5/c1-14-10-6-8-12-17(14)24-21(30)27(32)20-23(4,5)26(16(3)19(28)29)22(31)25(20)18-13-9-7-11-15(18)2/h6-13,16,20,32H,1-5H3,(H,24,30)(H,28,29)/p-1/t16-,20+/m1/s1. The van der Waals surface area contributed by atoms with Gasteiger partial charge in [0.2, 0.25) is 0 Å². The highest BCUT2D eigenvalue weighted by Gasteiger charge is 2.57. The lowest BCUT2D eigenvalue weighted by atomic mass is 9.98. The molecular weight excluding hydrogens is 412 g/mol. The molecule has 0 bridgehead atoms. The number of nitrogens with one attached hydrogen (secondary N) is 1. The second-order valence-corrected chi connectivity index (χ2v) is 8.42. The maximum atomic E-state index is 13.5. The van der Waals surface area contributed by atoms with Crippen molar-refractivity contribution in [1.29, 1.82) is 0 Å². The van der Waals surface area contributed by atoms with Gasteiger partial charge in [-0.05, 0) is 57.9 Å². The summed E-state index contributed by atoms with van der Waals surface area (Å²) in [6.07, 6.45) is -1.22. The van der Waals surface area contributed by atoms with Crippen molar-refractivity contribution in [3.8, 4) is 0 Å². The zero-order chi connectivity index (χ0) is 23.8. The first-order chi connectivity index (χ1) is 15.0. The Bertz CT molecular complexity index is 1050. The van der Waals surface area contributed by atoms with Crippen LogP contribution in [-0.2, 0) is 4.79 Å². The van der Waals surface area contributed by atoms with Gasteiger partial charge in [-0.3, -0.25) is 10.1 Å². The van der Waals surface area contributed by atoms with Crippen molar-refractivity contribution in [3.05, 3.63) is 59.7 Å². The lowest BCUT2D eigenvalue weighted by Crippen LogP contribution is -2.60. The Morgan fingerprint density at radius 3 is 2.22 bits per heavy atom. The molecule has 1 fully saturated rings. The topological polar surface area (TPSA) is 116 Å². The second-order valence-electron chi connectivity index (χ2n) is 8.42. The van der Waals surface area contributed by atoms with Crippen LogP contribution in [0.1, 0.15) is 31.9 Å². The fraction of sp³-hybridized carbons (Fsp3) is 0.348. The Labute approximate surface area is 186 Å². The number of carbonyl (C=O) groups excluding carboxylic acids is 3. The van der Waals surface area contributed by atoms with E-state index >= 15 is 0 Å². The van der Waals surface area contributed by atoms with Crippen LogP contribution in [-0.4, -0.2) is 50.9 Å². The third kappa shape index (κ3) is 3.87. The van der Waals surface area contributed by atoms with Gasteiger partial charge in [0.05, 0.1) is 23.2 Å². The largest absolute Gasteiger partial charge is 0.548 e. The highest BCUT2D eigenvalue weighted by atomic mass is 16.5. The van der Waals surface area contributed by atoms with Gasteiger partial charge in [0.15, 0.2) is 6.17 Å². The van der Waals surface area contributed by atoms with Crippen LogP contribution in [0.15, 0.2) is 48.5 Å². The molecule has 1 saturated heterocycles. The van der Waals surface area contributed by atoms with Crippen molar-refractivity contribution in [2.45, 2.75) is 52.4 Å². The molecule has 4 amide bonds. The summed E-state index contributed by atoms with van der Waals surface area (Å²) in [6, 6.07) is 11.2. The van der Waals surface area contributed by atoms with Gasteiger partial charge < -0.3 is 20.1 Å². The molecule has 0 saturated carbocycles. The number of hydrogen-bond donors (Lipinski definition) is 2. The van der Waals surface area contributed by atoms with Crippen LogP contribution in [0.25, 0.3) is 0 Å². The number of aryl methyl sites for hydroxylation is 2. The summed E-state index contributed by atoms with van der Waals surface area (Å²) < 4.78 is 0. The van der Waals surface area contributed by atoms with E-state index < -0.39 is 35.8 Å². The van der Waals surface area contributed by atoms with Crippen molar-refractivity contribution in [1.82, 2.24) is 9.96 Å². The smallest absolute Gasteiger partial charge is 0.347 e. The maximum absolute atomic E-state index is 13.5. The van der Waals surface area contributed by atoms with Gasteiger partial charge in [-0.25, -0.2) is 9.59 Å². The number of urea groups is 2. The van der Waals surface area contributed by atoms with Crippen LogP contribution in [0.4, 0.5) is 21.0 Å². The molecule has 0 aromatic heterocycles. The first-order valence-corrected chi connectivity index (χ1v) is 10.2. The quantitative estimate of drug-likeness (QED) is 0.549. The molecule has 0 aliphatic carbocycles. The van der Waals surface area contributed by atoms with Gasteiger partial charge >= 0.3 is 12.1 Å². The average Bonchev–Trinajstić information content (AvgIpc) is 2.93. The van der Waals surface area contributed by atoms with Crippen LogP contribution in [0.3, 0.4) is 0 Å². The van der Waals surface area contributed by atoms with Crippen molar-refractivity contribution in [2.75, 3.05) is 10.2 Å². The lowest BCUT2D eigenvalue weighted by molar-refractivity contribution is -0.311. The normalized spacial score (nSPS) is 18.4. The van der Waals surface area contributed by atoms with Crippen LogP contribution >= 0.6 is 0 Å². The number of carbonyl (C=O) groups is 3. The Kier molecular flexibility index (Phi) is 6.13. The zero-order valence-corrected chi connectivity index (χ0v) is 18.7.